The molecule has 2 aromatic rings. The summed E-state index contributed by atoms with van der Waals surface area (Å²) in [5.41, 5.74) is 0.931. The number of hydrogen-bond acceptors (Lipinski definition) is 4. The molecule has 19 heavy (non-hydrogen) atoms. The number of carbonyl (C=O) groups excluding carboxylic acids is 1. The van der Waals surface area contributed by atoms with Crippen LogP contribution in [-0.2, 0) is 4.74 Å². The van der Waals surface area contributed by atoms with E-state index in [9.17, 15) is 4.79 Å². The number of alkyl carbamates (subject to hydrolysis) is 1. The van der Waals surface area contributed by atoms with E-state index in [2.05, 4.69) is 10.3 Å². The van der Waals surface area contributed by atoms with Crippen molar-refractivity contribution in [3.8, 4) is 0 Å². The molecule has 0 unspecified atom stereocenters. The number of nitrogens with one attached hydrogen (secondary N) is 1. The van der Waals surface area contributed by atoms with Gasteiger partial charge in [0.05, 0.1) is 11.6 Å². The predicted molar refractivity (Wildman–Crippen MR) is 75.6 cm³/mol. The molecule has 0 fully saturated rings. The second-order valence-corrected chi connectivity index (χ2v) is 5.05. The molecule has 1 amide bonds. The molecule has 0 aromatic carbocycles. The van der Waals surface area contributed by atoms with E-state index >= 15 is 0 Å². The molecule has 1 N–H and O–H groups in total. The number of carbonyl (C=O) groups is 1. The molecule has 0 saturated carbocycles. The quantitative estimate of drug-likeness (QED) is 0.652. The number of thioether (sulfide) groups is 1. The molecule has 0 aliphatic carbocycles. The van der Waals surface area contributed by atoms with Crippen molar-refractivity contribution in [3.63, 3.8) is 0 Å². The predicted octanol–water partition coefficient (Wildman–Crippen LogP) is 2.56. The fraction of sp³-hybridized carbons (Fsp3) is 0.385. The van der Waals surface area contributed by atoms with Crippen LogP contribution in [0.1, 0.15) is 13.3 Å². The van der Waals surface area contributed by atoms with Gasteiger partial charge in [0.2, 0.25) is 0 Å². The molecule has 0 bridgehead atoms. The van der Waals surface area contributed by atoms with Crippen LogP contribution in [0.5, 0.6) is 0 Å². The first kappa shape index (κ1) is 13.7. The molecule has 0 saturated heterocycles. The summed E-state index contributed by atoms with van der Waals surface area (Å²) in [6, 6.07) is 5.98. The maximum Gasteiger partial charge on any atom is 0.407 e. The van der Waals surface area contributed by atoms with E-state index < -0.39 is 0 Å². The molecule has 0 spiro atoms. The number of aromatic nitrogens is 2. The summed E-state index contributed by atoms with van der Waals surface area (Å²) >= 11 is 1.67. The summed E-state index contributed by atoms with van der Waals surface area (Å²) in [4.78, 5) is 15.5. The number of amides is 1. The van der Waals surface area contributed by atoms with Gasteiger partial charge in [-0.2, -0.15) is 0 Å². The molecule has 6 heteroatoms. The van der Waals surface area contributed by atoms with Crippen LogP contribution < -0.4 is 5.32 Å². The van der Waals surface area contributed by atoms with Crippen LogP contribution in [0.3, 0.4) is 0 Å². The molecule has 5 nitrogen and oxygen atoms in total. The molecular formula is C13H17N3O2S. The van der Waals surface area contributed by atoms with Gasteiger partial charge < -0.3 is 10.1 Å². The highest BCUT2D eigenvalue weighted by Crippen LogP contribution is 2.18. The summed E-state index contributed by atoms with van der Waals surface area (Å²) in [7, 11) is 0. The van der Waals surface area contributed by atoms with E-state index in [0.717, 1.165) is 22.8 Å². The van der Waals surface area contributed by atoms with E-state index in [4.69, 9.17) is 4.74 Å². The molecule has 2 heterocycles. The van der Waals surface area contributed by atoms with Crippen molar-refractivity contribution in [2.75, 3.05) is 18.9 Å². The van der Waals surface area contributed by atoms with Crippen LogP contribution in [0.25, 0.3) is 5.65 Å². The van der Waals surface area contributed by atoms with Crippen molar-refractivity contribution in [1.82, 2.24) is 14.7 Å². The van der Waals surface area contributed by atoms with E-state index in [0.29, 0.717) is 13.2 Å². The number of pyridine rings is 1. The van der Waals surface area contributed by atoms with Crippen molar-refractivity contribution in [2.24, 2.45) is 0 Å². The Balaban J connectivity index is 1.77. The van der Waals surface area contributed by atoms with Crippen molar-refractivity contribution < 1.29 is 9.53 Å². The summed E-state index contributed by atoms with van der Waals surface area (Å²) in [5.74, 6) is 0.790. The number of hydrogen-bond donors (Lipinski definition) is 1. The van der Waals surface area contributed by atoms with Gasteiger partial charge in [-0.15, -0.1) is 11.8 Å². The molecule has 2 aromatic heterocycles. The minimum atomic E-state index is -0.344. The summed E-state index contributed by atoms with van der Waals surface area (Å²) in [6.07, 6.45) is 4.20. The Kier molecular flexibility index (Phi) is 5.09. The smallest absolute Gasteiger partial charge is 0.407 e. The van der Waals surface area contributed by atoms with Crippen LogP contribution in [0.15, 0.2) is 35.6 Å². The lowest BCUT2D eigenvalue weighted by Crippen LogP contribution is -2.26. The van der Waals surface area contributed by atoms with Gasteiger partial charge in [0.1, 0.15) is 5.65 Å². The molecule has 102 valence electrons. The van der Waals surface area contributed by atoms with Crippen LogP contribution in [0, 0.1) is 0 Å². The summed E-state index contributed by atoms with van der Waals surface area (Å²) < 4.78 is 6.95. The highest BCUT2D eigenvalue weighted by molar-refractivity contribution is 7.99. The Morgan fingerprint density at radius 2 is 2.42 bits per heavy atom. The second kappa shape index (κ2) is 7.04. The van der Waals surface area contributed by atoms with Gasteiger partial charge in [0, 0.05) is 24.7 Å². The number of fused-ring (bicyclic) bond motifs is 1. The number of nitrogens with zero attached hydrogens (tertiary/aromatic N) is 2. The Hall–Kier alpha value is -1.69. The number of ether oxygens (including phenoxy) is 1. The first-order chi connectivity index (χ1) is 9.31. The van der Waals surface area contributed by atoms with Crippen LogP contribution in [0.2, 0.25) is 0 Å². The normalized spacial score (nSPS) is 10.6. The van der Waals surface area contributed by atoms with Gasteiger partial charge in [-0.3, -0.25) is 4.40 Å². The molecular weight excluding hydrogens is 262 g/mol. The molecule has 2 rings (SSSR count). The van der Waals surface area contributed by atoms with Gasteiger partial charge in [0.15, 0.2) is 0 Å². The fourth-order valence-electron chi connectivity index (χ4n) is 1.59. The fourth-order valence-corrected chi connectivity index (χ4v) is 2.48. The van der Waals surface area contributed by atoms with E-state index in [1.807, 2.05) is 35.7 Å². The third-order valence-electron chi connectivity index (χ3n) is 2.45. The zero-order chi connectivity index (χ0) is 13.5. The largest absolute Gasteiger partial charge is 0.450 e. The van der Waals surface area contributed by atoms with Gasteiger partial charge in [0.25, 0.3) is 0 Å². The van der Waals surface area contributed by atoms with Crippen molar-refractivity contribution in [1.29, 1.82) is 0 Å². The topological polar surface area (TPSA) is 55.6 Å². The van der Waals surface area contributed by atoms with Crippen LogP contribution >= 0.6 is 11.8 Å². The van der Waals surface area contributed by atoms with E-state index in [1.165, 1.54) is 0 Å². The highest BCUT2D eigenvalue weighted by Gasteiger charge is 2.03. The average molecular weight is 279 g/mol. The minimum absolute atomic E-state index is 0.344. The molecule has 0 aliphatic rings. The summed E-state index contributed by atoms with van der Waals surface area (Å²) in [5, 5.41) is 3.83. The van der Waals surface area contributed by atoms with Crippen LogP contribution in [0.4, 0.5) is 4.79 Å². The zero-order valence-corrected chi connectivity index (χ0v) is 11.7. The zero-order valence-electron chi connectivity index (χ0n) is 10.8. The Labute approximate surface area is 116 Å². The Morgan fingerprint density at radius 1 is 1.53 bits per heavy atom. The minimum Gasteiger partial charge on any atom is -0.450 e. The standard InChI is InChI=1S/C13H17N3O2S/c1-2-9-18-13(17)15-7-10-19-12-5-3-4-11-14-6-8-16(11)12/h3-6,8H,2,7,9-10H2,1H3,(H,15,17). The maximum atomic E-state index is 11.2. The van der Waals surface area contributed by atoms with Gasteiger partial charge in [-0.25, -0.2) is 9.78 Å². The third kappa shape index (κ3) is 3.89. The lowest BCUT2D eigenvalue weighted by Gasteiger charge is -2.07. The number of imidazole rings is 1. The van der Waals surface area contributed by atoms with E-state index in [-0.39, 0.29) is 6.09 Å². The third-order valence-corrected chi connectivity index (χ3v) is 3.49. The average Bonchev–Trinajstić information content (AvgIpc) is 2.90. The Morgan fingerprint density at radius 3 is 3.26 bits per heavy atom. The highest BCUT2D eigenvalue weighted by atomic mass is 32.2. The Bertz CT molecular complexity index is 541. The SMILES string of the molecule is CCCOC(=O)NCCSc1cccc2nccn12. The first-order valence-corrected chi connectivity index (χ1v) is 7.25. The van der Waals surface area contributed by atoms with Gasteiger partial charge in [-0.05, 0) is 18.6 Å². The van der Waals surface area contributed by atoms with Crippen molar-refractivity contribution >= 4 is 23.5 Å². The van der Waals surface area contributed by atoms with Crippen LogP contribution in [-0.4, -0.2) is 34.4 Å². The number of rotatable bonds is 6. The maximum absolute atomic E-state index is 11.2. The van der Waals surface area contributed by atoms with Gasteiger partial charge >= 0.3 is 6.09 Å². The summed E-state index contributed by atoms with van der Waals surface area (Å²) in [6.45, 7) is 3.01. The lowest BCUT2D eigenvalue weighted by atomic mass is 10.5. The first-order valence-electron chi connectivity index (χ1n) is 6.26. The molecule has 0 radical (unpaired) electrons. The van der Waals surface area contributed by atoms with Crippen molar-refractivity contribution in [2.45, 2.75) is 18.4 Å². The molecule has 0 aliphatic heterocycles. The monoisotopic (exact) mass is 279 g/mol. The second-order valence-electron chi connectivity index (χ2n) is 3.93. The lowest BCUT2D eigenvalue weighted by molar-refractivity contribution is 0.147. The van der Waals surface area contributed by atoms with Crippen molar-refractivity contribution in [3.05, 3.63) is 30.6 Å². The van der Waals surface area contributed by atoms with E-state index in [1.54, 1.807) is 18.0 Å². The molecule has 0 atom stereocenters. The van der Waals surface area contributed by atoms with Gasteiger partial charge in [-0.1, -0.05) is 13.0 Å².